The van der Waals surface area contributed by atoms with Gasteiger partial charge in [-0.3, -0.25) is 4.79 Å². The topological polar surface area (TPSA) is 59.0 Å². The van der Waals surface area contributed by atoms with Crippen LogP contribution in [0.1, 0.15) is 30.0 Å². The summed E-state index contributed by atoms with van der Waals surface area (Å²) in [6.07, 6.45) is 5.69. The average Bonchev–Trinajstić information content (AvgIpc) is 3.11. The summed E-state index contributed by atoms with van der Waals surface area (Å²) in [6, 6.07) is 6.28. The SMILES string of the molecule is CC(C)(C(=O)N1CCc2nc(-c3cncnc3)sc2C1)c1cccc(F)c1. The van der Waals surface area contributed by atoms with Crippen LogP contribution in [0.4, 0.5) is 4.39 Å². The molecule has 3 aromatic rings. The van der Waals surface area contributed by atoms with Gasteiger partial charge in [-0.25, -0.2) is 19.3 Å². The number of thiazole rings is 1. The number of amides is 1. The third-order valence-corrected chi connectivity index (χ3v) is 6.04. The zero-order valence-corrected chi connectivity index (χ0v) is 16.0. The maximum absolute atomic E-state index is 13.6. The second-order valence-corrected chi connectivity index (χ2v) is 8.21. The fourth-order valence-electron chi connectivity index (χ4n) is 3.30. The molecule has 0 fully saturated rings. The molecule has 7 heteroatoms. The van der Waals surface area contributed by atoms with Crippen molar-refractivity contribution in [3.63, 3.8) is 0 Å². The molecule has 3 heterocycles. The summed E-state index contributed by atoms with van der Waals surface area (Å²) < 4.78 is 13.6. The molecule has 0 spiro atoms. The molecule has 1 aromatic carbocycles. The highest BCUT2D eigenvalue weighted by Crippen LogP contribution is 2.33. The van der Waals surface area contributed by atoms with E-state index in [9.17, 15) is 9.18 Å². The van der Waals surface area contributed by atoms with E-state index in [1.165, 1.54) is 18.5 Å². The van der Waals surface area contributed by atoms with Crippen molar-refractivity contribution in [3.05, 3.63) is 64.9 Å². The monoisotopic (exact) mass is 382 g/mol. The highest BCUT2D eigenvalue weighted by Gasteiger charge is 2.36. The summed E-state index contributed by atoms with van der Waals surface area (Å²) in [5, 5.41) is 0.874. The molecule has 0 N–H and O–H groups in total. The zero-order valence-electron chi connectivity index (χ0n) is 15.1. The van der Waals surface area contributed by atoms with E-state index in [0.717, 1.165) is 21.1 Å². The first-order chi connectivity index (χ1) is 12.9. The van der Waals surface area contributed by atoms with E-state index in [-0.39, 0.29) is 11.7 Å². The van der Waals surface area contributed by atoms with Crippen LogP contribution < -0.4 is 0 Å². The standard InChI is InChI=1S/C20H19FN4OS/c1-20(2,14-4-3-5-15(21)8-14)19(26)25-7-6-16-17(11-25)27-18(24-16)13-9-22-12-23-10-13/h3-5,8-10,12H,6-7,11H2,1-2H3. The van der Waals surface area contributed by atoms with Gasteiger partial charge in [0.1, 0.15) is 17.2 Å². The van der Waals surface area contributed by atoms with Gasteiger partial charge in [0.25, 0.3) is 0 Å². The number of nitrogens with zero attached hydrogens (tertiary/aromatic N) is 4. The number of fused-ring (bicyclic) bond motifs is 1. The molecule has 27 heavy (non-hydrogen) atoms. The lowest BCUT2D eigenvalue weighted by atomic mass is 9.82. The van der Waals surface area contributed by atoms with Gasteiger partial charge in [-0.05, 0) is 31.5 Å². The molecule has 0 radical (unpaired) electrons. The van der Waals surface area contributed by atoms with E-state index in [2.05, 4.69) is 9.97 Å². The van der Waals surface area contributed by atoms with Gasteiger partial charge in [0.15, 0.2) is 0 Å². The van der Waals surface area contributed by atoms with Gasteiger partial charge in [-0.15, -0.1) is 11.3 Å². The molecule has 0 saturated heterocycles. The van der Waals surface area contributed by atoms with Crippen LogP contribution in [0.25, 0.3) is 10.6 Å². The van der Waals surface area contributed by atoms with E-state index < -0.39 is 5.41 Å². The lowest BCUT2D eigenvalue weighted by Gasteiger charge is -2.34. The molecule has 1 amide bonds. The van der Waals surface area contributed by atoms with Crippen LogP contribution in [0.15, 0.2) is 43.0 Å². The molecule has 0 aliphatic carbocycles. The normalized spacial score (nSPS) is 14.1. The number of carbonyl (C=O) groups excluding carboxylic acids is 1. The van der Waals surface area contributed by atoms with Gasteiger partial charge in [0, 0.05) is 35.8 Å². The van der Waals surface area contributed by atoms with Crippen molar-refractivity contribution in [2.24, 2.45) is 0 Å². The second kappa shape index (κ2) is 6.81. The average molecular weight is 382 g/mol. The molecule has 1 aliphatic heterocycles. The number of benzene rings is 1. The Kier molecular flexibility index (Phi) is 4.47. The summed E-state index contributed by atoms with van der Waals surface area (Å²) >= 11 is 1.57. The van der Waals surface area contributed by atoms with Crippen molar-refractivity contribution in [3.8, 4) is 10.6 Å². The van der Waals surface area contributed by atoms with Gasteiger partial charge in [-0.1, -0.05) is 12.1 Å². The summed E-state index contributed by atoms with van der Waals surface area (Å²) in [4.78, 5) is 28.9. The predicted molar refractivity (Wildman–Crippen MR) is 102 cm³/mol. The third-order valence-electron chi connectivity index (χ3n) is 4.91. The molecular formula is C20H19FN4OS. The van der Waals surface area contributed by atoms with Crippen molar-refractivity contribution in [2.75, 3.05) is 6.54 Å². The lowest BCUT2D eigenvalue weighted by molar-refractivity contribution is -0.137. The van der Waals surface area contributed by atoms with Crippen LogP contribution in [0.2, 0.25) is 0 Å². The first-order valence-electron chi connectivity index (χ1n) is 8.74. The van der Waals surface area contributed by atoms with Crippen LogP contribution in [-0.2, 0) is 23.2 Å². The first kappa shape index (κ1) is 17.7. The predicted octanol–water partition coefficient (Wildman–Crippen LogP) is 3.60. The fourth-order valence-corrected chi connectivity index (χ4v) is 4.40. The molecule has 4 rings (SSSR count). The van der Waals surface area contributed by atoms with E-state index in [1.807, 2.05) is 18.7 Å². The van der Waals surface area contributed by atoms with Crippen LogP contribution in [-0.4, -0.2) is 32.3 Å². The van der Waals surface area contributed by atoms with Gasteiger partial charge in [0.05, 0.1) is 17.7 Å². The summed E-state index contributed by atoms with van der Waals surface area (Å²) in [5.74, 6) is -0.330. The van der Waals surface area contributed by atoms with Gasteiger partial charge >= 0.3 is 0 Å². The number of hydrogen-bond donors (Lipinski definition) is 0. The molecule has 0 unspecified atom stereocenters. The Labute approximate surface area is 160 Å². The Balaban J connectivity index is 1.57. The minimum atomic E-state index is -0.791. The molecule has 1 aliphatic rings. The Morgan fingerprint density at radius 1 is 1.26 bits per heavy atom. The molecule has 0 bridgehead atoms. The highest BCUT2D eigenvalue weighted by molar-refractivity contribution is 7.15. The van der Waals surface area contributed by atoms with Crippen LogP contribution >= 0.6 is 11.3 Å². The van der Waals surface area contributed by atoms with E-state index >= 15 is 0 Å². The van der Waals surface area contributed by atoms with Crippen LogP contribution in [0.3, 0.4) is 0 Å². The number of aromatic nitrogens is 3. The minimum absolute atomic E-state index is 0.00301. The molecule has 138 valence electrons. The number of rotatable bonds is 3. The van der Waals surface area contributed by atoms with Crippen molar-refractivity contribution in [1.82, 2.24) is 19.9 Å². The van der Waals surface area contributed by atoms with E-state index in [0.29, 0.717) is 25.1 Å². The van der Waals surface area contributed by atoms with Crippen molar-refractivity contribution >= 4 is 17.2 Å². The Morgan fingerprint density at radius 2 is 2.04 bits per heavy atom. The Hall–Kier alpha value is -2.67. The van der Waals surface area contributed by atoms with Gasteiger partial charge in [-0.2, -0.15) is 0 Å². The van der Waals surface area contributed by atoms with E-state index in [1.54, 1.807) is 35.9 Å². The van der Waals surface area contributed by atoms with Crippen LogP contribution in [0.5, 0.6) is 0 Å². The Bertz CT molecular complexity index is 987. The molecule has 5 nitrogen and oxygen atoms in total. The number of carbonyl (C=O) groups is 1. The van der Waals surface area contributed by atoms with Crippen molar-refractivity contribution in [1.29, 1.82) is 0 Å². The third kappa shape index (κ3) is 3.35. The Morgan fingerprint density at radius 3 is 2.78 bits per heavy atom. The second-order valence-electron chi connectivity index (χ2n) is 7.13. The maximum atomic E-state index is 13.6. The van der Waals surface area contributed by atoms with Crippen molar-refractivity contribution < 1.29 is 9.18 Å². The molecule has 0 atom stereocenters. The van der Waals surface area contributed by atoms with Crippen molar-refractivity contribution in [2.45, 2.75) is 32.2 Å². The molecule has 2 aromatic heterocycles. The largest absolute Gasteiger partial charge is 0.336 e. The zero-order chi connectivity index (χ0) is 19.0. The van der Waals surface area contributed by atoms with E-state index in [4.69, 9.17) is 4.98 Å². The maximum Gasteiger partial charge on any atom is 0.233 e. The van der Waals surface area contributed by atoms with Gasteiger partial charge in [0.2, 0.25) is 5.91 Å². The smallest absolute Gasteiger partial charge is 0.233 e. The first-order valence-corrected chi connectivity index (χ1v) is 9.56. The van der Waals surface area contributed by atoms with Gasteiger partial charge < -0.3 is 4.90 Å². The minimum Gasteiger partial charge on any atom is -0.336 e. The summed E-state index contributed by atoms with van der Waals surface area (Å²) in [6.45, 7) is 4.83. The summed E-state index contributed by atoms with van der Waals surface area (Å²) in [7, 11) is 0. The fraction of sp³-hybridized carbons (Fsp3) is 0.300. The van der Waals surface area contributed by atoms with Crippen LogP contribution in [0, 0.1) is 5.82 Å². The summed E-state index contributed by atoms with van der Waals surface area (Å²) in [5.41, 5.74) is 1.81. The lowest BCUT2D eigenvalue weighted by Crippen LogP contribution is -2.45. The number of hydrogen-bond acceptors (Lipinski definition) is 5. The molecule has 0 saturated carbocycles. The highest BCUT2D eigenvalue weighted by atomic mass is 32.1. The quantitative estimate of drug-likeness (QED) is 0.694. The molecular weight excluding hydrogens is 363 g/mol. The number of halogens is 1.